The van der Waals surface area contributed by atoms with Crippen molar-refractivity contribution >= 4 is 63.5 Å². The maximum Gasteiger partial charge on any atom is 0.272 e. The summed E-state index contributed by atoms with van der Waals surface area (Å²) in [6.07, 6.45) is -0.918. The van der Waals surface area contributed by atoms with Gasteiger partial charge in [0.1, 0.15) is 0 Å². The van der Waals surface area contributed by atoms with Crippen LogP contribution < -0.4 is 15.5 Å². The van der Waals surface area contributed by atoms with Crippen LogP contribution >= 0.6 is 35.4 Å². The molecule has 1 amide bonds. The Balaban J connectivity index is 1.70. The molecule has 1 heterocycles. The fourth-order valence-electron chi connectivity index (χ4n) is 3.29. The molecule has 4 rings (SSSR count). The van der Waals surface area contributed by atoms with Gasteiger partial charge < -0.3 is 15.5 Å². The van der Waals surface area contributed by atoms with E-state index in [2.05, 4.69) is 10.6 Å². The van der Waals surface area contributed by atoms with Crippen molar-refractivity contribution in [3.8, 4) is 0 Å². The molecule has 0 saturated heterocycles. The van der Waals surface area contributed by atoms with Crippen LogP contribution in [0, 0.1) is 0 Å². The number of benzodiazepines with no additional fused rings is 1. The first kappa shape index (κ1) is 21.3. The third kappa shape index (κ3) is 4.71. The van der Waals surface area contributed by atoms with E-state index in [1.165, 1.54) is 0 Å². The molecule has 0 spiro atoms. The fourth-order valence-corrected chi connectivity index (χ4v) is 3.82. The molecule has 0 aromatic heterocycles. The number of hydrogen-bond donors (Lipinski definition) is 2. The predicted molar refractivity (Wildman–Crippen MR) is 132 cm³/mol. The van der Waals surface area contributed by atoms with E-state index in [4.69, 9.17) is 40.4 Å². The predicted octanol–water partition coefficient (Wildman–Crippen LogP) is 5.12. The molecule has 0 bridgehead atoms. The van der Waals surface area contributed by atoms with E-state index >= 15 is 0 Å². The SMILES string of the molecule is CN1C(=O)C(NC(=S)Nc2ccc(Cl)cc2)N=C(c2ccccc2)c2cc(Cl)ccc21. The van der Waals surface area contributed by atoms with Gasteiger partial charge >= 0.3 is 0 Å². The molecule has 2 N–H and O–H groups in total. The number of fused-ring (bicyclic) bond motifs is 1. The average molecular weight is 469 g/mol. The summed E-state index contributed by atoms with van der Waals surface area (Å²) in [4.78, 5) is 19.5. The number of rotatable bonds is 3. The van der Waals surface area contributed by atoms with Crippen molar-refractivity contribution < 1.29 is 4.79 Å². The second kappa shape index (κ2) is 9.06. The van der Waals surface area contributed by atoms with Crippen LogP contribution in [0.4, 0.5) is 11.4 Å². The number of amides is 1. The normalized spacial score (nSPS) is 15.6. The van der Waals surface area contributed by atoms with E-state index < -0.39 is 6.17 Å². The quantitative estimate of drug-likeness (QED) is 0.523. The molecule has 3 aromatic carbocycles. The Labute approximate surface area is 195 Å². The number of carbonyl (C=O) groups is 1. The third-order valence-electron chi connectivity index (χ3n) is 4.81. The number of likely N-dealkylation sites (N-methyl/N-ethyl adjacent to an activating group) is 1. The zero-order valence-corrected chi connectivity index (χ0v) is 18.8. The van der Waals surface area contributed by atoms with Crippen LogP contribution in [-0.2, 0) is 4.79 Å². The number of benzene rings is 3. The van der Waals surface area contributed by atoms with E-state index in [-0.39, 0.29) is 11.0 Å². The van der Waals surface area contributed by atoms with E-state index in [0.717, 1.165) is 22.5 Å². The maximum absolute atomic E-state index is 13.2. The highest BCUT2D eigenvalue weighted by atomic mass is 35.5. The molecular weight excluding hydrogens is 451 g/mol. The van der Waals surface area contributed by atoms with Crippen molar-refractivity contribution in [1.29, 1.82) is 0 Å². The van der Waals surface area contributed by atoms with Crippen LogP contribution in [0.2, 0.25) is 10.0 Å². The van der Waals surface area contributed by atoms with E-state index in [9.17, 15) is 4.79 Å². The van der Waals surface area contributed by atoms with Crippen LogP contribution in [0.1, 0.15) is 11.1 Å². The third-order valence-corrected chi connectivity index (χ3v) is 5.52. The standard InChI is InChI=1S/C23H18Cl2N4OS/c1-29-19-12-9-16(25)13-18(19)20(14-5-3-2-4-6-14)27-21(22(29)30)28-23(31)26-17-10-7-15(24)8-11-17/h2-13,21H,1H3,(H2,26,28,31). The van der Waals surface area contributed by atoms with Crippen LogP contribution in [0.3, 0.4) is 0 Å². The summed E-state index contributed by atoms with van der Waals surface area (Å²) < 4.78 is 0. The first-order valence-corrected chi connectivity index (χ1v) is 10.6. The summed E-state index contributed by atoms with van der Waals surface area (Å²) in [7, 11) is 1.71. The Bertz CT molecular complexity index is 1170. The lowest BCUT2D eigenvalue weighted by atomic mass is 10.0. The number of hydrogen-bond acceptors (Lipinski definition) is 3. The van der Waals surface area contributed by atoms with Crippen LogP contribution in [-0.4, -0.2) is 29.9 Å². The van der Waals surface area contributed by atoms with Crippen molar-refractivity contribution in [2.45, 2.75) is 6.17 Å². The highest BCUT2D eigenvalue weighted by Crippen LogP contribution is 2.29. The summed E-state index contributed by atoms with van der Waals surface area (Å²) in [5, 5.41) is 7.55. The molecule has 0 radical (unpaired) electrons. The number of thiocarbonyl (C=S) groups is 1. The monoisotopic (exact) mass is 468 g/mol. The largest absolute Gasteiger partial charge is 0.333 e. The summed E-state index contributed by atoms with van der Waals surface area (Å²) in [5.74, 6) is -0.241. The van der Waals surface area contributed by atoms with Crippen LogP contribution in [0.25, 0.3) is 0 Å². The molecule has 8 heteroatoms. The van der Waals surface area contributed by atoms with Gasteiger partial charge in [-0.25, -0.2) is 4.99 Å². The Hall–Kier alpha value is -2.93. The van der Waals surface area contributed by atoms with E-state index in [0.29, 0.717) is 15.8 Å². The Morgan fingerprint density at radius 3 is 2.39 bits per heavy atom. The van der Waals surface area contributed by atoms with Gasteiger partial charge in [0, 0.05) is 33.9 Å². The number of anilines is 2. The molecule has 156 valence electrons. The summed E-state index contributed by atoms with van der Waals surface area (Å²) in [5.41, 5.74) is 3.77. The lowest BCUT2D eigenvalue weighted by Crippen LogP contribution is -2.47. The second-order valence-electron chi connectivity index (χ2n) is 6.91. The van der Waals surface area contributed by atoms with Gasteiger partial charge in [0.2, 0.25) is 6.17 Å². The number of aliphatic imine (C=N–C) groups is 1. The number of halogens is 2. The lowest BCUT2D eigenvalue weighted by molar-refractivity contribution is -0.119. The van der Waals surface area contributed by atoms with Crippen LogP contribution in [0.5, 0.6) is 0 Å². The van der Waals surface area contributed by atoms with Crippen molar-refractivity contribution in [3.63, 3.8) is 0 Å². The van der Waals surface area contributed by atoms with Crippen molar-refractivity contribution in [1.82, 2.24) is 5.32 Å². The van der Waals surface area contributed by atoms with Crippen molar-refractivity contribution in [2.24, 2.45) is 4.99 Å². The maximum atomic E-state index is 13.2. The molecule has 1 aliphatic heterocycles. The van der Waals surface area contributed by atoms with E-state index in [1.54, 1.807) is 42.3 Å². The van der Waals surface area contributed by atoms with Gasteiger partial charge in [0.15, 0.2) is 5.11 Å². The van der Waals surface area contributed by atoms with Gasteiger partial charge in [0.05, 0.1) is 11.4 Å². The van der Waals surface area contributed by atoms with Gasteiger partial charge in [-0.1, -0.05) is 53.5 Å². The zero-order valence-electron chi connectivity index (χ0n) is 16.5. The number of nitrogens with one attached hydrogen (secondary N) is 2. The minimum atomic E-state index is -0.918. The molecule has 1 unspecified atom stereocenters. The second-order valence-corrected chi connectivity index (χ2v) is 8.19. The highest BCUT2D eigenvalue weighted by molar-refractivity contribution is 7.80. The lowest BCUT2D eigenvalue weighted by Gasteiger charge is -2.22. The molecule has 5 nitrogen and oxygen atoms in total. The molecule has 3 aromatic rings. The Morgan fingerprint density at radius 1 is 1.00 bits per heavy atom. The summed E-state index contributed by atoms with van der Waals surface area (Å²) in [6.45, 7) is 0. The molecule has 0 saturated carbocycles. The first-order valence-electron chi connectivity index (χ1n) is 9.46. The van der Waals surface area contributed by atoms with Crippen molar-refractivity contribution in [3.05, 3.63) is 94.0 Å². The molecule has 0 aliphatic carbocycles. The van der Waals surface area contributed by atoms with Gasteiger partial charge in [-0.05, 0) is 54.7 Å². The van der Waals surface area contributed by atoms with E-state index in [1.807, 2.05) is 42.5 Å². The summed E-state index contributed by atoms with van der Waals surface area (Å²) in [6, 6.07) is 22.2. The molecule has 1 atom stereocenters. The zero-order chi connectivity index (χ0) is 22.0. The molecular formula is C23H18Cl2N4OS. The van der Waals surface area contributed by atoms with Crippen LogP contribution in [0.15, 0.2) is 77.8 Å². The topological polar surface area (TPSA) is 56.7 Å². The fraction of sp³-hybridized carbons (Fsp3) is 0.0870. The minimum absolute atomic E-state index is 0.241. The van der Waals surface area contributed by atoms with Gasteiger partial charge in [-0.3, -0.25) is 4.79 Å². The van der Waals surface area contributed by atoms with Gasteiger partial charge in [-0.2, -0.15) is 0 Å². The smallest absolute Gasteiger partial charge is 0.272 e. The van der Waals surface area contributed by atoms with Gasteiger partial charge in [0.25, 0.3) is 5.91 Å². The minimum Gasteiger partial charge on any atom is -0.333 e. The molecule has 1 aliphatic rings. The number of nitrogens with zero attached hydrogens (tertiary/aromatic N) is 2. The van der Waals surface area contributed by atoms with Crippen molar-refractivity contribution in [2.75, 3.05) is 17.3 Å². The summed E-state index contributed by atoms with van der Waals surface area (Å²) >= 11 is 17.6. The van der Waals surface area contributed by atoms with Gasteiger partial charge in [-0.15, -0.1) is 0 Å². The Kier molecular flexibility index (Phi) is 6.23. The average Bonchev–Trinajstić information content (AvgIpc) is 2.86. The molecule has 0 fully saturated rings. The Morgan fingerprint density at radius 2 is 1.68 bits per heavy atom. The first-order chi connectivity index (χ1) is 14.9. The number of carbonyl (C=O) groups excluding carboxylic acids is 1. The highest BCUT2D eigenvalue weighted by Gasteiger charge is 2.30. The molecule has 31 heavy (non-hydrogen) atoms.